The molecular formula is C7H12OS. The van der Waals surface area contributed by atoms with E-state index in [4.69, 9.17) is 0 Å². The predicted octanol–water partition coefficient (Wildman–Crippen LogP) is 1.84. The largest absolute Gasteiger partial charge is 0.294 e. The van der Waals surface area contributed by atoms with Crippen molar-refractivity contribution in [1.82, 2.24) is 0 Å². The Hall–Kier alpha value is -0.240. The normalized spacial score (nSPS) is 10.4. The second-order valence-corrected chi connectivity index (χ2v) is 2.13. The lowest BCUT2D eigenvalue weighted by Gasteiger charge is -1.83. The third-order valence-corrected chi connectivity index (χ3v) is 1.23. The van der Waals surface area contributed by atoms with E-state index >= 15 is 0 Å². The van der Waals surface area contributed by atoms with Gasteiger partial charge < -0.3 is 0 Å². The molecule has 0 radical (unpaired) electrons. The Morgan fingerprint density at radius 1 is 1.67 bits per heavy atom. The van der Waals surface area contributed by atoms with E-state index < -0.39 is 0 Å². The molecule has 0 aliphatic heterocycles. The first-order valence-electron chi connectivity index (χ1n) is 3.11. The number of carbonyl (C=O) groups excluding carboxylic acids is 1. The molecule has 0 amide bonds. The molecule has 0 unspecified atom stereocenters. The van der Waals surface area contributed by atoms with E-state index in [0.29, 0.717) is 5.75 Å². The molecule has 0 aromatic rings. The Bertz CT molecular complexity index is 107. The van der Waals surface area contributed by atoms with Gasteiger partial charge in [-0.15, -0.1) is 0 Å². The molecule has 1 nitrogen and oxygen atoms in total. The van der Waals surface area contributed by atoms with Crippen LogP contribution in [0.15, 0.2) is 12.2 Å². The summed E-state index contributed by atoms with van der Waals surface area (Å²) in [6.07, 6.45) is 5.56. The van der Waals surface area contributed by atoms with Crippen LogP contribution in [0.4, 0.5) is 0 Å². The van der Waals surface area contributed by atoms with Crippen LogP contribution < -0.4 is 0 Å². The Labute approximate surface area is 61.6 Å². The number of rotatable bonds is 4. The highest BCUT2D eigenvalue weighted by Crippen LogP contribution is 1.89. The molecule has 0 N–H and O–H groups in total. The molecule has 0 bridgehead atoms. The van der Waals surface area contributed by atoms with E-state index in [0.717, 1.165) is 12.8 Å². The maximum Gasteiger partial charge on any atom is 0.164 e. The highest BCUT2D eigenvalue weighted by Gasteiger charge is 1.86. The lowest BCUT2D eigenvalue weighted by Crippen LogP contribution is -1.91. The van der Waals surface area contributed by atoms with Crippen molar-refractivity contribution in [2.75, 3.05) is 5.75 Å². The van der Waals surface area contributed by atoms with E-state index in [1.807, 2.05) is 6.08 Å². The van der Waals surface area contributed by atoms with E-state index in [9.17, 15) is 4.79 Å². The molecule has 0 aliphatic carbocycles. The van der Waals surface area contributed by atoms with Gasteiger partial charge in [-0.25, -0.2) is 0 Å². The van der Waals surface area contributed by atoms with Gasteiger partial charge in [0.25, 0.3) is 0 Å². The van der Waals surface area contributed by atoms with Crippen molar-refractivity contribution in [3.05, 3.63) is 12.2 Å². The molecule has 9 heavy (non-hydrogen) atoms. The molecule has 0 atom stereocenters. The van der Waals surface area contributed by atoms with Crippen molar-refractivity contribution in [3.63, 3.8) is 0 Å². The lowest BCUT2D eigenvalue weighted by molar-refractivity contribution is -0.112. The zero-order valence-electron chi connectivity index (χ0n) is 5.63. The molecule has 0 aliphatic rings. The van der Waals surface area contributed by atoms with E-state index in [2.05, 4.69) is 19.6 Å². The van der Waals surface area contributed by atoms with Crippen molar-refractivity contribution < 1.29 is 4.79 Å². The van der Waals surface area contributed by atoms with Gasteiger partial charge >= 0.3 is 0 Å². The molecule has 0 spiro atoms. The Morgan fingerprint density at radius 3 is 2.78 bits per heavy atom. The van der Waals surface area contributed by atoms with Crippen molar-refractivity contribution in [3.8, 4) is 0 Å². The van der Waals surface area contributed by atoms with Crippen LogP contribution in [0, 0.1) is 0 Å². The third kappa shape index (κ3) is 5.63. The number of thiol groups is 1. The van der Waals surface area contributed by atoms with Gasteiger partial charge in [-0.05, 0) is 12.5 Å². The number of carbonyl (C=O) groups is 1. The van der Waals surface area contributed by atoms with Crippen LogP contribution in [0.5, 0.6) is 0 Å². The van der Waals surface area contributed by atoms with Crippen LogP contribution in [-0.4, -0.2) is 11.5 Å². The summed E-state index contributed by atoms with van der Waals surface area (Å²) in [5.41, 5.74) is 0. The lowest BCUT2D eigenvalue weighted by atomic mass is 10.3. The minimum atomic E-state index is 0.0896. The average molecular weight is 144 g/mol. The summed E-state index contributed by atoms with van der Waals surface area (Å²) in [6, 6.07) is 0. The Kier molecular flexibility index (Phi) is 5.73. The van der Waals surface area contributed by atoms with Crippen LogP contribution in [0.1, 0.15) is 19.8 Å². The van der Waals surface area contributed by atoms with Crippen LogP contribution >= 0.6 is 12.6 Å². The van der Waals surface area contributed by atoms with Gasteiger partial charge in [-0.1, -0.05) is 19.4 Å². The first-order valence-corrected chi connectivity index (χ1v) is 3.74. The molecule has 0 aromatic carbocycles. The molecule has 2 heteroatoms. The fourth-order valence-electron chi connectivity index (χ4n) is 0.434. The highest BCUT2D eigenvalue weighted by atomic mass is 32.1. The maximum atomic E-state index is 10.5. The summed E-state index contributed by atoms with van der Waals surface area (Å²) in [6.45, 7) is 2.08. The number of unbranched alkanes of at least 4 members (excludes halogenated alkanes) is 1. The minimum Gasteiger partial charge on any atom is -0.294 e. The molecule has 0 saturated heterocycles. The monoisotopic (exact) mass is 144 g/mol. The van der Waals surface area contributed by atoms with Gasteiger partial charge in [0, 0.05) is 0 Å². The summed E-state index contributed by atoms with van der Waals surface area (Å²) < 4.78 is 0. The van der Waals surface area contributed by atoms with Crippen LogP contribution in [0.3, 0.4) is 0 Å². The molecular weight excluding hydrogens is 132 g/mol. The smallest absolute Gasteiger partial charge is 0.164 e. The van der Waals surface area contributed by atoms with Crippen molar-refractivity contribution in [1.29, 1.82) is 0 Å². The summed E-state index contributed by atoms with van der Waals surface area (Å²) in [7, 11) is 0. The van der Waals surface area contributed by atoms with Gasteiger partial charge in [0.15, 0.2) is 5.78 Å². The molecule has 52 valence electrons. The Morgan fingerprint density at radius 2 is 2.33 bits per heavy atom. The van der Waals surface area contributed by atoms with Crippen LogP contribution in [0.2, 0.25) is 0 Å². The fraction of sp³-hybridized carbons (Fsp3) is 0.571. The predicted molar refractivity (Wildman–Crippen MR) is 42.9 cm³/mol. The second kappa shape index (κ2) is 5.89. The zero-order chi connectivity index (χ0) is 7.11. The van der Waals surface area contributed by atoms with Gasteiger partial charge in [0.2, 0.25) is 0 Å². The second-order valence-electron chi connectivity index (χ2n) is 1.82. The summed E-state index contributed by atoms with van der Waals surface area (Å²) >= 11 is 3.82. The topological polar surface area (TPSA) is 17.1 Å². The van der Waals surface area contributed by atoms with E-state index in [-0.39, 0.29) is 5.78 Å². The number of hydrogen-bond acceptors (Lipinski definition) is 2. The highest BCUT2D eigenvalue weighted by molar-refractivity contribution is 7.81. The van der Waals surface area contributed by atoms with Crippen LogP contribution in [-0.2, 0) is 4.79 Å². The Balaban J connectivity index is 3.32. The molecule has 0 saturated carbocycles. The van der Waals surface area contributed by atoms with Gasteiger partial charge in [-0.2, -0.15) is 12.6 Å². The van der Waals surface area contributed by atoms with Gasteiger partial charge in [-0.3, -0.25) is 4.79 Å². The van der Waals surface area contributed by atoms with Crippen molar-refractivity contribution in [2.24, 2.45) is 0 Å². The van der Waals surface area contributed by atoms with Crippen molar-refractivity contribution in [2.45, 2.75) is 19.8 Å². The summed E-state index contributed by atoms with van der Waals surface area (Å²) in [5, 5.41) is 0. The quantitative estimate of drug-likeness (QED) is 0.470. The maximum absolute atomic E-state index is 10.5. The summed E-state index contributed by atoms with van der Waals surface area (Å²) in [5.74, 6) is 0.409. The SMILES string of the molecule is CCC/C=C/C(=O)CS. The molecule has 0 rings (SSSR count). The number of allylic oxidation sites excluding steroid dienone is 2. The molecule has 0 heterocycles. The van der Waals surface area contributed by atoms with Crippen LogP contribution in [0.25, 0.3) is 0 Å². The average Bonchev–Trinajstić information content (AvgIpc) is 1.89. The molecule has 0 fully saturated rings. The molecule has 0 aromatic heterocycles. The van der Waals surface area contributed by atoms with Crippen molar-refractivity contribution >= 4 is 18.4 Å². The summed E-state index contributed by atoms with van der Waals surface area (Å²) in [4.78, 5) is 10.5. The van der Waals surface area contributed by atoms with E-state index in [1.165, 1.54) is 0 Å². The van der Waals surface area contributed by atoms with Gasteiger partial charge in [0.1, 0.15) is 0 Å². The first-order chi connectivity index (χ1) is 4.31. The minimum absolute atomic E-state index is 0.0896. The fourth-order valence-corrected chi connectivity index (χ4v) is 0.540. The third-order valence-electron chi connectivity index (χ3n) is 0.915. The number of ketones is 1. The zero-order valence-corrected chi connectivity index (χ0v) is 6.53. The first kappa shape index (κ1) is 8.76. The van der Waals surface area contributed by atoms with Gasteiger partial charge in [0.05, 0.1) is 5.75 Å². The standard InChI is InChI=1S/C7H12OS/c1-2-3-4-5-7(8)6-9/h4-5,9H,2-3,6H2,1H3/b5-4+. The number of hydrogen-bond donors (Lipinski definition) is 1. The van der Waals surface area contributed by atoms with E-state index in [1.54, 1.807) is 6.08 Å².